The molecule has 3 N–H and O–H groups in total. The highest BCUT2D eigenvalue weighted by molar-refractivity contribution is 6.47. The first-order valence-corrected chi connectivity index (χ1v) is 9.46. The average Bonchev–Trinajstić information content (AvgIpc) is 2.64. The van der Waals surface area contributed by atoms with E-state index >= 15 is 0 Å². The third kappa shape index (κ3) is 3.80. The molecule has 0 saturated carbocycles. The van der Waals surface area contributed by atoms with Gasteiger partial charge >= 0.3 is 7.12 Å². The molecular weight excluding hydrogens is 325 g/mol. The van der Waals surface area contributed by atoms with E-state index in [1.165, 1.54) is 0 Å². The van der Waals surface area contributed by atoms with Crippen LogP contribution < -0.4 is 5.73 Å². The fourth-order valence-corrected chi connectivity index (χ4v) is 3.19. The average molecular weight is 361 g/mol. The van der Waals surface area contributed by atoms with Crippen molar-refractivity contribution in [2.75, 3.05) is 0 Å². The first kappa shape index (κ1) is 21.3. The molecule has 0 radical (unpaired) electrons. The Morgan fingerprint density at radius 2 is 1.23 bits per heavy atom. The van der Waals surface area contributed by atoms with Crippen molar-refractivity contribution in [3.05, 3.63) is 28.8 Å². The molecule has 1 heterocycles. The van der Waals surface area contributed by atoms with Crippen LogP contribution in [0.15, 0.2) is 12.1 Å². The highest BCUT2D eigenvalue weighted by Crippen LogP contribution is 2.43. The molecule has 1 aliphatic heterocycles. The van der Waals surface area contributed by atoms with Gasteiger partial charge in [0.1, 0.15) is 5.75 Å². The Kier molecular flexibility index (Phi) is 5.11. The topological polar surface area (TPSA) is 64.7 Å². The van der Waals surface area contributed by atoms with Crippen molar-refractivity contribution < 1.29 is 14.4 Å². The zero-order valence-electron chi connectivity index (χ0n) is 18.2. The Hall–Kier alpha value is -1.04. The molecule has 0 bridgehead atoms. The first-order chi connectivity index (χ1) is 11.5. The summed E-state index contributed by atoms with van der Waals surface area (Å²) in [5.74, 6) is -0.0753. The maximum Gasteiger partial charge on any atom is 0.480 e. The molecule has 0 unspecified atom stereocenters. The molecule has 26 heavy (non-hydrogen) atoms. The van der Waals surface area contributed by atoms with Crippen molar-refractivity contribution in [2.24, 2.45) is 5.73 Å². The lowest BCUT2D eigenvalue weighted by Crippen LogP contribution is -2.41. The second-order valence-electron chi connectivity index (χ2n) is 10.6. The summed E-state index contributed by atoms with van der Waals surface area (Å²) >= 11 is 0. The van der Waals surface area contributed by atoms with Crippen molar-refractivity contribution in [1.82, 2.24) is 0 Å². The number of nitrogens with two attached hydrogens (primary N) is 1. The van der Waals surface area contributed by atoms with Crippen molar-refractivity contribution in [3.63, 3.8) is 0 Å². The summed E-state index contributed by atoms with van der Waals surface area (Å²) in [6.07, 6.45) is 0. The highest BCUT2D eigenvalue weighted by Gasteiger charge is 2.53. The van der Waals surface area contributed by atoms with Crippen LogP contribution in [0.1, 0.15) is 91.9 Å². The van der Waals surface area contributed by atoms with Crippen molar-refractivity contribution in [3.8, 4) is 5.75 Å². The van der Waals surface area contributed by atoms with Gasteiger partial charge in [-0.3, -0.25) is 0 Å². The number of aromatic hydroxyl groups is 1. The number of phenols is 1. The molecule has 0 aromatic heterocycles. The van der Waals surface area contributed by atoms with Gasteiger partial charge in [0.05, 0.1) is 17.1 Å². The van der Waals surface area contributed by atoms with E-state index in [2.05, 4.69) is 41.5 Å². The number of phenolic OH excluding ortho intramolecular Hbond substituents is 1. The van der Waals surface area contributed by atoms with Gasteiger partial charge in [-0.1, -0.05) is 53.7 Å². The van der Waals surface area contributed by atoms with Crippen LogP contribution >= 0.6 is 0 Å². The fourth-order valence-electron chi connectivity index (χ4n) is 3.19. The first-order valence-electron chi connectivity index (χ1n) is 9.46. The molecule has 1 saturated heterocycles. The summed E-state index contributed by atoms with van der Waals surface area (Å²) < 4.78 is 12.3. The van der Waals surface area contributed by atoms with Gasteiger partial charge in [0, 0.05) is 0 Å². The van der Waals surface area contributed by atoms with Gasteiger partial charge in [-0.25, -0.2) is 0 Å². The smallest absolute Gasteiger partial charge is 0.480 e. The van der Waals surface area contributed by atoms with E-state index in [1.54, 1.807) is 0 Å². The summed E-state index contributed by atoms with van der Waals surface area (Å²) in [6, 6.07) is 4.00. The van der Waals surface area contributed by atoms with E-state index < -0.39 is 24.3 Å². The number of rotatable bonds is 2. The van der Waals surface area contributed by atoms with E-state index in [0.29, 0.717) is 5.75 Å². The maximum absolute atomic E-state index is 10.9. The van der Waals surface area contributed by atoms with Gasteiger partial charge in [-0.15, -0.1) is 0 Å². The maximum atomic E-state index is 10.9. The number of hydrogen-bond acceptors (Lipinski definition) is 4. The second kappa shape index (κ2) is 6.25. The van der Waals surface area contributed by atoms with Gasteiger partial charge in [0.15, 0.2) is 0 Å². The Bertz CT molecular complexity index is 632. The van der Waals surface area contributed by atoms with Crippen molar-refractivity contribution >= 4 is 7.12 Å². The zero-order valence-corrected chi connectivity index (χ0v) is 18.2. The van der Waals surface area contributed by atoms with Crippen LogP contribution in [0, 0.1) is 0 Å². The largest absolute Gasteiger partial charge is 0.507 e. The molecule has 0 aliphatic carbocycles. The fraction of sp³-hybridized carbons (Fsp3) is 0.714. The van der Waals surface area contributed by atoms with Crippen LogP contribution in [0.3, 0.4) is 0 Å². The van der Waals surface area contributed by atoms with Crippen LogP contribution in [-0.2, 0) is 20.1 Å². The summed E-state index contributed by atoms with van der Waals surface area (Å²) in [4.78, 5) is 0. The minimum absolute atomic E-state index is 0.199. The molecule has 4 nitrogen and oxygen atoms in total. The molecule has 1 fully saturated rings. The number of hydrogen-bond donors (Lipinski definition) is 2. The predicted molar refractivity (Wildman–Crippen MR) is 109 cm³/mol. The molecule has 1 atom stereocenters. The third-order valence-corrected chi connectivity index (χ3v) is 5.70. The molecule has 146 valence electrons. The Labute approximate surface area is 159 Å². The van der Waals surface area contributed by atoms with E-state index in [0.717, 1.165) is 16.7 Å². The predicted octanol–water partition coefficient (Wildman–Crippen LogP) is 4.62. The van der Waals surface area contributed by atoms with Crippen LogP contribution in [0.5, 0.6) is 5.75 Å². The van der Waals surface area contributed by atoms with Gasteiger partial charge < -0.3 is 20.1 Å². The van der Waals surface area contributed by atoms with Crippen molar-refractivity contribution in [1.29, 1.82) is 0 Å². The Morgan fingerprint density at radius 3 is 1.54 bits per heavy atom. The zero-order chi connectivity index (χ0) is 20.3. The standard InChI is InChI=1S/C21H36BNO3/c1-18(2,3)14-11-13(12-15(16(14)24)19(4,5)6)17(23)22-25-20(7,8)21(9,10)26-22/h11-12,17,24H,23H2,1-10H3/t17-/m0/s1. The van der Waals surface area contributed by atoms with E-state index in [1.807, 2.05) is 39.8 Å². The summed E-state index contributed by atoms with van der Waals surface area (Å²) in [5, 5.41) is 10.9. The quantitative estimate of drug-likeness (QED) is 0.755. The van der Waals surface area contributed by atoms with E-state index in [-0.39, 0.29) is 10.8 Å². The van der Waals surface area contributed by atoms with Crippen LogP contribution in [0.4, 0.5) is 0 Å². The number of benzene rings is 1. The highest BCUT2D eigenvalue weighted by atomic mass is 16.7. The SMILES string of the molecule is CC(C)(C)c1cc([C@H](N)B2OC(C)(C)C(C)(C)O2)cc(C(C)(C)C)c1O. The molecule has 2 rings (SSSR count). The van der Waals surface area contributed by atoms with Crippen LogP contribution in [0.25, 0.3) is 0 Å². The third-order valence-electron chi connectivity index (χ3n) is 5.70. The normalized spacial score (nSPS) is 21.1. The monoisotopic (exact) mass is 361 g/mol. The van der Waals surface area contributed by atoms with Crippen molar-refractivity contribution in [2.45, 2.75) is 97.2 Å². The van der Waals surface area contributed by atoms with Gasteiger partial charge in [0.25, 0.3) is 0 Å². The summed E-state index contributed by atoms with van der Waals surface area (Å²) in [6.45, 7) is 20.7. The Balaban J connectivity index is 2.53. The molecule has 1 aromatic carbocycles. The minimum atomic E-state index is -0.523. The minimum Gasteiger partial charge on any atom is -0.507 e. The lowest BCUT2D eigenvalue weighted by atomic mass is 9.71. The van der Waals surface area contributed by atoms with Crippen LogP contribution in [-0.4, -0.2) is 23.4 Å². The summed E-state index contributed by atoms with van der Waals surface area (Å²) in [5.41, 5.74) is 8.06. The molecule has 1 aromatic rings. The molecule has 5 heteroatoms. The molecular formula is C21H36BNO3. The summed E-state index contributed by atoms with van der Waals surface area (Å²) in [7, 11) is -0.523. The van der Waals surface area contributed by atoms with E-state index in [9.17, 15) is 5.11 Å². The van der Waals surface area contributed by atoms with Gasteiger partial charge in [-0.05, 0) is 55.2 Å². The lowest BCUT2D eigenvalue weighted by Gasteiger charge is -2.32. The van der Waals surface area contributed by atoms with Gasteiger partial charge in [0.2, 0.25) is 0 Å². The molecule has 0 amide bonds. The van der Waals surface area contributed by atoms with E-state index in [4.69, 9.17) is 15.0 Å². The molecule has 0 spiro atoms. The van der Waals surface area contributed by atoms with Crippen LogP contribution in [0.2, 0.25) is 0 Å². The molecule has 1 aliphatic rings. The lowest BCUT2D eigenvalue weighted by molar-refractivity contribution is 0.00578. The van der Waals surface area contributed by atoms with Gasteiger partial charge in [-0.2, -0.15) is 0 Å². The second-order valence-corrected chi connectivity index (χ2v) is 10.6. The Morgan fingerprint density at radius 1 is 0.885 bits per heavy atom.